The molecule has 3 fully saturated rings. The number of fused-ring (bicyclic) bond motifs is 1. The molecule has 2 aliphatic carbocycles. The van der Waals surface area contributed by atoms with Crippen molar-refractivity contribution < 1.29 is 46.3 Å². The molecule has 3 aromatic rings. The van der Waals surface area contributed by atoms with Crippen LogP contribution in [0.25, 0.3) is 22.4 Å². The number of hydrogen-bond acceptors (Lipinski definition) is 12. The van der Waals surface area contributed by atoms with E-state index in [2.05, 4.69) is 27.1 Å². The molecule has 2 aromatic heterocycles. The van der Waals surface area contributed by atoms with Gasteiger partial charge < -0.3 is 34.3 Å². The highest BCUT2D eigenvalue weighted by Gasteiger charge is 2.62. The molecule has 56 heavy (non-hydrogen) atoms. The summed E-state index contributed by atoms with van der Waals surface area (Å²) in [5.41, 5.74) is -0.796. The number of ether oxygens (including phenoxy) is 3. The number of pyridine rings is 1. The Morgan fingerprint density at radius 3 is 2.43 bits per heavy atom. The lowest BCUT2D eigenvalue weighted by Crippen LogP contribution is -2.60. The van der Waals surface area contributed by atoms with E-state index in [4.69, 9.17) is 23.7 Å². The molecule has 1 saturated heterocycles. The van der Waals surface area contributed by atoms with Gasteiger partial charge in [-0.05, 0) is 64.5 Å². The number of nitrogens with one attached hydrogen (secondary N) is 3. The summed E-state index contributed by atoms with van der Waals surface area (Å²) in [6, 6.07) is 6.63. The van der Waals surface area contributed by atoms with Crippen LogP contribution in [-0.2, 0) is 29.1 Å². The van der Waals surface area contributed by atoms with E-state index in [1.807, 2.05) is 18.2 Å². The predicted molar refractivity (Wildman–Crippen MR) is 205 cm³/mol. The Morgan fingerprint density at radius 1 is 1.11 bits per heavy atom. The summed E-state index contributed by atoms with van der Waals surface area (Å²) in [4.78, 5) is 61.7. The van der Waals surface area contributed by atoms with Crippen molar-refractivity contribution in [1.29, 1.82) is 0 Å². The van der Waals surface area contributed by atoms with Crippen molar-refractivity contribution in [1.82, 2.24) is 30.4 Å². The van der Waals surface area contributed by atoms with E-state index in [1.54, 1.807) is 67.7 Å². The fraction of sp³-hybridized carbons (Fsp3) is 0.538. The Bertz CT molecular complexity index is 2170. The van der Waals surface area contributed by atoms with E-state index in [0.717, 1.165) is 5.56 Å². The van der Waals surface area contributed by atoms with Crippen molar-refractivity contribution in [3.8, 4) is 22.8 Å². The first-order valence-corrected chi connectivity index (χ1v) is 20.1. The van der Waals surface area contributed by atoms with Gasteiger partial charge in [0, 0.05) is 24.0 Å². The van der Waals surface area contributed by atoms with Gasteiger partial charge in [0.15, 0.2) is 5.75 Å². The normalized spacial score (nSPS) is 22.9. The molecule has 5 atom stereocenters. The zero-order valence-corrected chi connectivity index (χ0v) is 33.7. The van der Waals surface area contributed by atoms with Crippen molar-refractivity contribution in [2.24, 2.45) is 11.3 Å². The number of likely N-dealkylation sites (tertiary alicyclic amines) is 1. The second kappa shape index (κ2) is 14.7. The quantitative estimate of drug-likeness (QED) is 0.221. The first-order valence-electron chi connectivity index (χ1n) is 18.5. The maximum atomic E-state index is 14.6. The van der Waals surface area contributed by atoms with Crippen LogP contribution in [0, 0.1) is 18.3 Å². The van der Waals surface area contributed by atoms with Crippen LogP contribution in [0.4, 0.5) is 4.79 Å². The highest BCUT2D eigenvalue weighted by molar-refractivity contribution is 7.91. The Kier molecular flexibility index (Phi) is 10.6. The SMILES string of the molecule is C=C[C@@H]1C[C@]1(NC(=O)[C@@H]1C[C@@H](Oc2cc(-c3cccc(OC)c3)nc3c(C)noc23)CN1C(=O)[C@@H](NC(=O)OC(C)(C)C)C(C)(C)C)C(=O)NS(=O)(=O)C1CC1. The van der Waals surface area contributed by atoms with Crippen LogP contribution in [0.1, 0.15) is 72.9 Å². The number of methoxy groups -OCH3 is 1. The number of carbonyl (C=O) groups is 4. The molecule has 3 heterocycles. The van der Waals surface area contributed by atoms with Crippen molar-refractivity contribution in [3.05, 3.63) is 48.7 Å². The molecule has 6 rings (SSSR count). The summed E-state index contributed by atoms with van der Waals surface area (Å²) >= 11 is 0. The molecule has 302 valence electrons. The lowest BCUT2D eigenvalue weighted by atomic mass is 9.85. The molecular formula is C39H50N6O10S. The fourth-order valence-corrected chi connectivity index (χ4v) is 8.20. The van der Waals surface area contributed by atoms with Gasteiger partial charge >= 0.3 is 6.09 Å². The average Bonchev–Trinajstić information content (AvgIpc) is 4.02. The number of sulfonamides is 1. The molecular weight excluding hydrogens is 745 g/mol. The molecule has 17 heteroatoms. The number of benzene rings is 1. The fourth-order valence-electron chi connectivity index (χ4n) is 6.83. The van der Waals surface area contributed by atoms with E-state index < -0.39 is 79.7 Å². The van der Waals surface area contributed by atoms with Crippen molar-refractivity contribution in [2.75, 3.05) is 13.7 Å². The Hall–Kier alpha value is -5.19. The van der Waals surface area contributed by atoms with E-state index in [9.17, 15) is 27.6 Å². The lowest BCUT2D eigenvalue weighted by molar-refractivity contribution is -0.143. The number of amides is 4. The van der Waals surface area contributed by atoms with Crippen LogP contribution in [0.5, 0.6) is 11.5 Å². The minimum absolute atomic E-state index is 0.0386. The largest absolute Gasteiger partial charge is 0.497 e. The number of carbonyl (C=O) groups excluding carboxylic acids is 4. The number of aryl methyl sites for hydroxylation is 1. The van der Waals surface area contributed by atoms with Gasteiger partial charge in [-0.2, -0.15) is 0 Å². The zero-order chi connectivity index (χ0) is 41.0. The van der Waals surface area contributed by atoms with Crippen LogP contribution < -0.4 is 24.8 Å². The van der Waals surface area contributed by atoms with Crippen LogP contribution in [-0.4, -0.2) is 95.5 Å². The van der Waals surface area contributed by atoms with Gasteiger partial charge in [0.05, 0.1) is 24.6 Å². The van der Waals surface area contributed by atoms with Gasteiger partial charge in [0.2, 0.25) is 27.4 Å². The third kappa shape index (κ3) is 8.46. The van der Waals surface area contributed by atoms with Crippen LogP contribution >= 0.6 is 0 Å². The Labute approximate surface area is 326 Å². The molecule has 0 bridgehead atoms. The standard InChI is InChI=1S/C39H50N6O10S/c1-10-23-19-39(23,35(48)44-56(50,51)26-14-15-26)42-33(46)28-17-25(20-45(28)34(47)32(37(3,4)5)41-36(49)54-38(6,7)8)53-29-18-27(22-12-11-13-24(16-22)52-9)40-30-21(2)43-55-31(29)30/h10-13,16,18,23,25-26,28,32H,1,14-15,17,19-20H2,2-9H3,(H,41,49)(H,42,46)(H,44,48)/t23-,25-,28+,32-,39-/m1/s1. The van der Waals surface area contributed by atoms with Gasteiger partial charge in [0.1, 0.15) is 46.3 Å². The molecule has 2 saturated carbocycles. The number of hydrogen-bond donors (Lipinski definition) is 3. The summed E-state index contributed by atoms with van der Waals surface area (Å²) in [5, 5.41) is 8.92. The third-order valence-electron chi connectivity index (χ3n) is 10.1. The molecule has 16 nitrogen and oxygen atoms in total. The lowest BCUT2D eigenvalue weighted by Gasteiger charge is -2.36. The molecule has 4 amide bonds. The molecule has 0 unspecified atom stereocenters. The Balaban J connectivity index is 1.34. The smallest absolute Gasteiger partial charge is 0.408 e. The monoisotopic (exact) mass is 794 g/mol. The minimum Gasteiger partial charge on any atom is -0.497 e. The maximum absolute atomic E-state index is 14.6. The summed E-state index contributed by atoms with van der Waals surface area (Å²) < 4.78 is 50.8. The second-order valence-electron chi connectivity index (χ2n) is 16.8. The second-order valence-corrected chi connectivity index (χ2v) is 18.8. The van der Waals surface area contributed by atoms with E-state index >= 15 is 0 Å². The topological polar surface area (TPSA) is 208 Å². The van der Waals surface area contributed by atoms with Crippen molar-refractivity contribution >= 4 is 44.9 Å². The van der Waals surface area contributed by atoms with E-state index in [1.165, 1.54) is 11.0 Å². The number of nitrogens with zero attached hydrogens (tertiary/aromatic N) is 3. The summed E-state index contributed by atoms with van der Waals surface area (Å²) in [5.74, 6) is -1.83. The van der Waals surface area contributed by atoms with Gasteiger partial charge in [-0.15, -0.1) is 6.58 Å². The van der Waals surface area contributed by atoms with Crippen LogP contribution in [0.2, 0.25) is 0 Å². The van der Waals surface area contributed by atoms with Crippen molar-refractivity contribution in [3.63, 3.8) is 0 Å². The van der Waals surface area contributed by atoms with Gasteiger partial charge in [-0.3, -0.25) is 19.1 Å². The van der Waals surface area contributed by atoms with E-state index in [-0.39, 0.29) is 30.7 Å². The molecule has 3 aliphatic rings. The highest BCUT2D eigenvalue weighted by atomic mass is 32.2. The van der Waals surface area contributed by atoms with Gasteiger partial charge in [-0.25, -0.2) is 18.2 Å². The molecule has 1 aliphatic heterocycles. The Morgan fingerprint density at radius 2 is 1.82 bits per heavy atom. The first-order chi connectivity index (χ1) is 26.2. The maximum Gasteiger partial charge on any atom is 0.408 e. The highest BCUT2D eigenvalue weighted by Crippen LogP contribution is 2.46. The summed E-state index contributed by atoms with van der Waals surface area (Å²) in [6.45, 7) is 15.8. The molecule has 3 N–H and O–H groups in total. The van der Waals surface area contributed by atoms with Crippen LogP contribution in [0.15, 0.2) is 47.5 Å². The minimum atomic E-state index is -3.93. The number of aromatic nitrogens is 2. The van der Waals surface area contributed by atoms with Gasteiger partial charge in [0.25, 0.3) is 5.91 Å². The van der Waals surface area contributed by atoms with Crippen LogP contribution in [0.3, 0.4) is 0 Å². The number of alkyl carbamates (subject to hydrolysis) is 1. The van der Waals surface area contributed by atoms with Crippen molar-refractivity contribution in [2.45, 2.75) is 109 Å². The number of rotatable bonds is 12. The summed E-state index contributed by atoms with van der Waals surface area (Å²) in [7, 11) is -2.37. The van der Waals surface area contributed by atoms with E-state index in [0.29, 0.717) is 35.5 Å². The molecule has 1 aromatic carbocycles. The third-order valence-corrected chi connectivity index (χ3v) is 11.9. The first kappa shape index (κ1) is 40.5. The average molecular weight is 795 g/mol. The molecule has 0 spiro atoms. The zero-order valence-electron chi connectivity index (χ0n) is 32.9. The predicted octanol–water partition coefficient (Wildman–Crippen LogP) is 4.16. The molecule has 0 radical (unpaired) electrons. The summed E-state index contributed by atoms with van der Waals surface area (Å²) in [6.07, 6.45) is 0.830. The van der Waals surface area contributed by atoms with Gasteiger partial charge in [-0.1, -0.05) is 44.1 Å².